The molecule has 11 heterocycles. The molecule has 14 amide bonds. The largest absolute Gasteiger partial charge is 0.412 e. The summed E-state index contributed by atoms with van der Waals surface area (Å²) in [4.78, 5) is 200. The number of fused-ring (bicyclic) bond motifs is 4. The maximum absolute atomic E-state index is 14.5. The summed E-state index contributed by atoms with van der Waals surface area (Å²) >= 11 is 6.55. The predicted octanol–water partition coefficient (Wildman–Crippen LogP) is 8.51. The second-order valence-corrected chi connectivity index (χ2v) is 31.2. The molecule has 0 saturated carbocycles. The van der Waals surface area contributed by atoms with Crippen LogP contribution in [0.5, 0.6) is 5.75 Å². The number of rotatable bonds is 32. The molecule has 13 aromatic rings. The van der Waals surface area contributed by atoms with Crippen LogP contribution < -0.4 is 78.8 Å². The molecule has 10 aromatic heterocycles. The minimum absolute atomic E-state index is 0.00849. The second-order valence-electron chi connectivity index (χ2n) is 30.9. The van der Waals surface area contributed by atoms with Gasteiger partial charge in [0.05, 0.1) is 52.1 Å². The summed E-state index contributed by atoms with van der Waals surface area (Å²) in [6, 6.07) is 26.3. The van der Waals surface area contributed by atoms with Crippen LogP contribution in [0.3, 0.4) is 0 Å². The molecule has 0 fully saturated rings. The van der Waals surface area contributed by atoms with Crippen molar-refractivity contribution in [3.8, 4) is 5.75 Å². The molecule has 1 unspecified atom stereocenters. The molecule has 1 atom stereocenters. The molecular formula is C87H91ClN26O16. The van der Waals surface area contributed by atoms with Crippen LogP contribution in [0, 0.1) is 0 Å². The number of hydrogen-bond acceptors (Lipinski definition) is 18. The smallest absolute Gasteiger partial charge is 0.410 e. The number of nitrogens with one attached hydrogen (secondary N) is 14. The topological polar surface area (TPSA) is 503 Å². The second kappa shape index (κ2) is 38.1. The number of carbonyl (C=O) groups excluding carboxylic acids is 14. The Hall–Kier alpha value is -16.5. The van der Waals surface area contributed by atoms with Crippen molar-refractivity contribution in [1.82, 2.24) is 72.0 Å². The number of anilines is 11. The van der Waals surface area contributed by atoms with Gasteiger partial charge in [0.1, 0.15) is 51.3 Å². The van der Waals surface area contributed by atoms with E-state index >= 15 is 0 Å². The van der Waals surface area contributed by atoms with E-state index in [1.54, 1.807) is 134 Å². The number of aryl methyl sites for hydroxylation is 9. The zero-order chi connectivity index (χ0) is 92.8. The van der Waals surface area contributed by atoms with Gasteiger partial charge >= 0.3 is 6.09 Å². The Labute approximate surface area is 744 Å². The molecule has 0 saturated heterocycles. The number of ether oxygens (including phenoxy) is 2. The third-order valence-corrected chi connectivity index (χ3v) is 21.5. The Bertz CT molecular complexity index is 6750. The van der Waals surface area contributed by atoms with Gasteiger partial charge in [0, 0.05) is 212 Å². The van der Waals surface area contributed by atoms with Crippen LogP contribution in [0.1, 0.15) is 143 Å². The minimum atomic E-state index is -0.675. The molecule has 3 aromatic carbocycles. The molecule has 42 nitrogen and oxygen atoms in total. The van der Waals surface area contributed by atoms with Crippen molar-refractivity contribution in [2.45, 2.75) is 32.1 Å². The molecule has 14 N–H and O–H groups in total. The van der Waals surface area contributed by atoms with Gasteiger partial charge in [-0.15, -0.1) is 11.6 Å². The van der Waals surface area contributed by atoms with Crippen molar-refractivity contribution in [2.75, 3.05) is 104 Å². The van der Waals surface area contributed by atoms with E-state index in [1.807, 2.05) is 24.3 Å². The summed E-state index contributed by atoms with van der Waals surface area (Å²) in [5.74, 6) is -6.34. The lowest BCUT2D eigenvalue weighted by Crippen LogP contribution is -2.31. The first-order valence-corrected chi connectivity index (χ1v) is 41.0. The quantitative estimate of drug-likeness (QED) is 0.0139. The molecule has 1 aliphatic rings. The van der Waals surface area contributed by atoms with Crippen LogP contribution in [0.4, 0.5) is 67.6 Å². The number of hydrogen-bond donors (Lipinski definition) is 14. The van der Waals surface area contributed by atoms with E-state index in [4.69, 9.17) is 21.1 Å². The average Bonchev–Trinajstić information content (AvgIpc) is 1.57. The number of halogens is 1. The van der Waals surface area contributed by atoms with E-state index < -0.39 is 71.1 Å². The summed E-state index contributed by atoms with van der Waals surface area (Å²) in [6.45, 7) is 2.14. The van der Waals surface area contributed by atoms with Gasteiger partial charge in [-0.05, 0) is 84.1 Å². The number of aromatic amines is 1. The normalized spacial score (nSPS) is 12.1. The molecule has 1 aliphatic heterocycles. The van der Waals surface area contributed by atoms with E-state index in [2.05, 4.69) is 84.1 Å². The number of amides is 14. The molecule has 0 bridgehead atoms. The Morgan fingerprint density at radius 1 is 0.415 bits per heavy atom. The summed E-state index contributed by atoms with van der Waals surface area (Å²) in [6.07, 6.45) is 13.0. The van der Waals surface area contributed by atoms with Gasteiger partial charge < -0.3 is 130 Å². The van der Waals surface area contributed by atoms with Crippen LogP contribution in [0.25, 0.3) is 21.7 Å². The number of methoxy groups -OCH3 is 1. The number of alkyl halides is 1. The lowest BCUT2D eigenvalue weighted by atomic mass is 9.95. The van der Waals surface area contributed by atoms with E-state index in [-0.39, 0.29) is 166 Å². The van der Waals surface area contributed by atoms with Gasteiger partial charge in [-0.2, -0.15) is 0 Å². The number of H-pyrrole nitrogens is 1. The lowest BCUT2D eigenvalue weighted by molar-refractivity contribution is -0.117. The summed E-state index contributed by atoms with van der Waals surface area (Å²) in [5.41, 5.74) is 6.13. The van der Waals surface area contributed by atoms with Gasteiger partial charge in [0.25, 0.3) is 59.1 Å². The average molecular weight is 1790 g/mol. The van der Waals surface area contributed by atoms with Crippen LogP contribution in [-0.2, 0) is 82.5 Å². The first kappa shape index (κ1) is 89.7. The number of nitrogens with zero attached hydrogens (tertiary/aromatic N) is 12. The molecule has 130 heavy (non-hydrogen) atoms. The third kappa shape index (κ3) is 20.2. The minimum Gasteiger partial charge on any atom is -0.410 e. The highest BCUT2D eigenvalue weighted by Gasteiger charge is 2.37. The highest BCUT2D eigenvalue weighted by atomic mass is 35.5. The molecule has 0 aliphatic carbocycles. The zero-order valence-electron chi connectivity index (χ0n) is 72.2. The van der Waals surface area contributed by atoms with Gasteiger partial charge in [0.15, 0.2) is 11.6 Å². The van der Waals surface area contributed by atoms with Crippen molar-refractivity contribution in [3.05, 3.63) is 216 Å². The van der Waals surface area contributed by atoms with Gasteiger partial charge in [-0.25, -0.2) is 14.8 Å². The maximum Gasteiger partial charge on any atom is 0.412 e. The molecule has 0 spiro atoms. The van der Waals surface area contributed by atoms with Crippen molar-refractivity contribution in [1.29, 1.82) is 0 Å². The van der Waals surface area contributed by atoms with Crippen LogP contribution in [0.15, 0.2) is 153 Å². The number of carbonyl (C=O) groups is 14. The first-order chi connectivity index (χ1) is 62.1. The summed E-state index contributed by atoms with van der Waals surface area (Å²) < 4.78 is 24.2. The number of imidazole rings is 2. The van der Waals surface area contributed by atoms with E-state index in [0.29, 0.717) is 51.3 Å². The fraction of sp³-hybridized carbons (Fsp3) is 0.241. The van der Waals surface area contributed by atoms with Gasteiger partial charge in [-0.1, -0.05) is 24.3 Å². The van der Waals surface area contributed by atoms with Crippen LogP contribution >= 0.6 is 11.6 Å². The number of aromatic nitrogens is 12. The van der Waals surface area contributed by atoms with Crippen molar-refractivity contribution >= 4 is 179 Å². The monoisotopic (exact) mass is 1790 g/mol. The standard InChI is InChI=1S/C87H91ClN26O16/c1-46(115)92-50-27-68(106(3)37-50)83(124)104-71-45-112(9)75(103-71)84(125)90-22-20-73(117)101-70-44-113(10)76(102-70)85(126)99-56-33-67(111(8)43-56)82(123)95-52-29-62(105(2)39-52)77(118)89-21-14-17-72(116)93-51-28-63(107(4)38-51)79(120)96-54-31-65(109(6)41-54)81(122)98-55-32-66(110(7)42-55)80(121)97-53-30-64(108(5)40-53)78(119)94-49-18-19-59-47(25-49)26-60(100-59)86(127)114-36-48(35-88)74-58-16-13-12-15-57(58)69(34-61(74)114)130-87(128)91-23-24-129-11/h12-13,15-16,18-19,25-34,37-45,48,100H,14,17,20-24,35-36H2,1-11H3,(H,89,118)(H,90,125)(H,91,128)(H,92,115)(H,93,116)(H,94,119)(H,95,123)(H,96,120)(H,97,121)(H,98,122)(H,99,126)(H,101,117)(H,104,124). The molecule has 0 radical (unpaired) electrons. The highest BCUT2D eigenvalue weighted by molar-refractivity contribution is 6.20. The van der Waals surface area contributed by atoms with Crippen LogP contribution in [-0.4, -0.2) is 185 Å². The molecule has 672 valence electrons. The fourth-order valence-corrected chi connectivity index (χ4v) is 15.3. The van der Waals surface area contributed by atoms with Crippen LogP contribution in [0.2, 0.25) is 0 Å². The third-order valence-electron chi connectivity index (χ3n) is 21.2. The van der Waals surface area contributed by atoms with E-state index in [9.17, 15) is 67.1 Å². The van der Waals surface area contributed by atoms with Crippen molar-refractivity contribution in [2.24, 2.45) is 63.4 Å². The first-order valence-electron chi connectivity index (χ1n) is 40.5. The van der Waals surface area contributed by atoms with Gasteiger partial charge in [-0.3, -0.25) is 62.3 Å². The predicted molar refractivity (Wildman–Crippen MR) is 483 cm³/mol. The molecule has 43 heteroatoms. The Morgan fingerprint density at radius 3 is 1.32 bits per heavy atom. The van der Waals surface area contributed by atoms with E-state index in [1.165, 1.54) is 118 Å². The molecular weight excluding hydrogens is 1700 g/mol. The Kier molecular flexibility index (Phi) is 26.3. The Morgan fingerprint density at radius 2 is 0.838 bits per heavy atom. The zero-order valence-corrected chi connectivity index (χ0v) is 72.9. The molecule has 14 rings (SSSR count). The van der Waals surface area contributed by atoms with Crippen molar-refractivity contribution in [3.63, 3.8) is 0 Å². The number of benzene rings is 3. The van der Waals surface area contributed by atoms with Gasteiger partial charge in [0.2, 0.25) is 29.4 Å². The Balaban J connectivity index is 0.494. The van der Waals surface area contributed by atoms with E-state index in [0.717, 1.165) is 10.9 Å². The summed E-state index contributed by atoms with van der Waals surface area (Å²) in [7, 11) is 16.0. The fourth-order valence-electron chi connectivity index (χ4n) is 15.0. The maximum atomic E-state index is 14.5. The van der Waals surface area contributed by atoms with Crippen molar-refractivity contribution < 1.29 is 76.6 Å². The SMILES string of the molecule is COCCNC(=O)Oc1cc2c(c3ccccc13)C(CCl)CN2C(=O)c1cc2cc(NC(=O)c3cc(NC(=O)c4cc(NC(=O)c5cc(NC(=O)c6cc(NC(=O)CCCNC(=O)c7cc(NC(=O)c8cc(NC(=O)c9nc(NC(=O)CCNC(=O)c%10nc(NC(=O)c%11cc(NC(C)=O)cn%11C)cn%10C)cn9C)cn8C)cn7C)cn6C)cn5C)cn4C)cn3C)ccc2[nH]1. The lowest BCUT2D eigenvalue weighted by Gasteiger charge is -2.18. The highest BCUT2D eigenvalue weighted by Crippen LogP contribution is 2.46. The summed E-state index contributed by atoms with van der Waals surface area (Å²) in [5, 5.41) is 37.6.